The van der Waals surface area contributed by atoms with Crippen LogP contribution in [0.15, 0.2) is 29.2 Å². The van der Waals surface area contributed by atoms with Gasteiger partial charge in [0.15, 0.2) is 9.84 Å². The van der Waals surface area contributed by atoms with Crippen molar-refractivity contribution >= 4 is 9.84 Å². The first-order valence-electron chi connectivity index (χ1n) is 7.62. The summed E-state index contributed by atoms with van der Waals surface area (Å²) < 4.78 is 25.8. The van der Waals surface area contributed by atoms with E-state index in [2.05, 4.69) is 5.32 Å². The number of rotatable bonds is 5. The summed E-state index contributed by atoms with van der Waals surface area (Å²) in [5.41, 5.74) is 1.06. The molecule has 5 heteroatoms. The second kappa shape index (κ2) is 6.90. The smallest absolute Gasteiger partial charge is 0.182 e. The van der Waals surface area contributed by atoms with E-state index in [1.165, 1.54) is 0 Å². The Kier molecular flexibility index (Phi) is 5.41. The third-order valence-electron chi connectivity index (χ3n) is 4.22. The summed E-state index contributed by atoms with van der Waals surface area (Å²) in [6.45, 7) is 3.85. The Bertz CT molecular complexity index is 553. The maximum Gasteiger partial charge on any atom is 0.182 e. The maximum absolute atomic E-state index is 12.9. The van der Waals surface area contributed by atoms with E-state index in [1.807, 2.05) is 26.0 Å². The lowest BCUT2D eigenvalue weighted by atomic mass is 9.94. The molecule has 0 aliphatic heterocycles. The van der Waals surface area contributed by atoms with Crippen molar-refractivity contribution in [2.24, 2.45) is 0 Å². The molecule has 0 radical (unpaired) electrons. The van der Waals surface area contributed by atoms with Gasteiger partial charge in [-0.3, -0.25) is 0 Å². The molecule has 1 aliphatic rings. The van der Waals surface area contributed by atoms with Crippen LogP contribution in [0.1, 0.15) is 38.2 Å². The van der Waals surface area contributed by atoms with Crippen LogP contribution in [0.25, 0.3) is 0 Å². The van der Waals surface area contributed by atoms with E-state index in [9.17, 15) is 13.5 Å². The Morgan fingerprint density at radius 1 is 1.24 bits per heavy atom. The highest BCUT2D eigenvalue weighted by Gasteiger charge is 2.36. The minimum atomic E-state index is -3.33. The van der Waals surface area contributed by atoms with Crippen LogP contribution in [0.3, 0.4) is 0 Å². The topological polar surface area (TPSA) is 66.4 Å². The van der Waals surface area contributed by atoms with Gasteiger partial charge in [0.25, 0.3) is 0 Å². The lowest BCUT2D eigenvalue weighted by molar-refractivity contribution is 0.228. The Hall–Kier alpha value is -0.910. The highest BCUT2D eigenvalue weighted by molar-refractivity contribution is 7.92. The van der Waals surface area contributed by atoms with E-state index in [-0.39, 0.29) is 18.7 Å². The molecule has 21 heavy (non-hydrogen) atoms. The predicted molar refractivity (Wildman–Crippen MR) is 84.1 cm³/mol. The van der Waals surface area contributed by atoms with Crippen molar-refractivity contribution in [1.29, 1.82) is 0 Å². The summed E-state index contributed by atoms with van der Waals surface area (Å²) >= 11 is 0. The molecule has 118 valence electrons. The lowest BCUT2D eigenvalue weighted by Gasteiger charge is -2.33. The SMILES string of the molecule is Cc1ccc(S(=O)(=O)[C@@H]2CCCC[C@H]2N[C@@H](C)CO)cc1. The Morgan fingerprint density at radius 2 is 1.86 bits per heavy atom. The molecule has 1 aromatic rings. The van der Waals surface area contributed by atoms with Gasteiger partial charge in [-0.25, -0.2) is 8.42 Å². The van der Waals surface area contributed by atoms with Crippen molar-refractivity contribution in [3.8, 4) is 0 Å². The van der Waals surface area contributed by atoms with Gasteiger partial charge in [0.05, 0.1) is 16.8 Å². The summed E-state index contributed by atoms with van der Waals surface area (Å²) in [6.07, 6.45) is 3.52. The Labute approximate surface area is 127 Å². The molecule has 2 rings (SSSR count). The van der Waals surface area contributed by atoms with Gasteiger partial charge >= 0.3 is 0 Å². The first-order chi connectivity index (χ1) is 9.95. The van der Waals surface area contributed by atoms with Crippen LogP contribution in [0, 0.1) is 6.92 Å². The van der Waals surface area contributed by atoms with E-state index >= 15 is 0 Å². The normalized spacial score (nSPS) is 24.7. The monoisotopic (exact) mass is 311 g/mol. The molecule has 0 spiro atoms. The molecule has 1 aromatic carbocycles. The molecule has 0 saturated heterocycles. The first kappa shape index (κ1) is 16.5. The molecule has 3 atom stereocenters. The van der Waals surface area contributed by atoms with Crippen molar-refractivity contribution in [2.45, 2.75) is 61.8 Å². The van der Waals surface area contributed by atoms with Crippen molar-refractivity contribution in [2.75, 3.05) is 6.61 Å². The minimum absolute atomic E-state index is 0.0216. The second-order valence-corrected chi connectivity index (χ2v) is 8.20. The number of aliphatic hydroxyl groups is 1. The maximum atomic E-state index is 12.9. The molecule has 0 bridgehead atoms. The molecule has 0 aromatic heterocycles. The summed E-state index contributed by atoms with van der Waals surface area (Å²) in [7, 11) is -3.33. The molecule has 0 amide bonds. The average Bonchev–Trinajstić information content (AvgIpc) is 2.48. The number of hydrogen-bond donors (Lipinski definition) is 2. The van der Waals surface area contributed by atoms with Crippen LogP contribution in [0.5, 0.6) is 0 Å². The third-order valence-corrected chi connectivity index (χ3v) is 6.51. The molecule has 4 nitrogen and oxygen atoms in total. The summed E-state index contributed by atoms with van der Waals surface area (Å²) in [6, 6.07) is 6.93. The van der Waals surface area contributed by atoms with Crippen molar-refractivity contribution in [3.05, 3.63) is 29.8 Å². The van der Waals surface area contributed by atoms with Crippen LogP contribution in [0.2, 0.25) is 0 Å². The molecular formula is C16H25NO3S. The number of aliphatic hydroxyl groups excluding tert-OH is 1. The number of sulfone groups is 1. The predicted octanol–water partition coefficient (Wildman–Crippen LogP) is 2.05. The summed E-state index contributed by atoms with van der Waals surface area (Å²) in [5, 5.41) is 12.1. The molecule has 0 heterocycles. The van der Waals surface area contributed by atoms with Crippen LogP contribution >= 0.6 is 0 Å². The van der Waals surface area contributed by atoms with Crippen molar-refractivity contribution in [1.82, 2.24) is 5.32 Å². The zero-order chi connectivity index (χ0) is 15.5. The van der Waals surface area contributed by atoms with E-state index in [0.29, 0.717) is 11.3 Å². The second-order valence-electron chi connectivity index (χ2n) is 6.04. The molecule has 1 saturated carbocycles. The lowest BCUT2D eigenvalue weighted by Crippen LogP contribution is -2.50. The summed E-state index contributed by atoms with van der Waals surface area (Å²) in [4.78, 5) is 0.406. The zero-order valence-electron chi connectivity index (χ0n) is 12.7. The largest absolute Gasteiger partial charge is 0.395 e. The number of hydrogen-bond acceptors (Lipinski definition) is 4. The molecule has 1 aliphatic carbocycles. The standard InChI is InChI=1S/C16H25NO3S/c1-12-7-9-14(10-8-12)21(19,20)16-6-4-3-5-15(16)17-13(2)11-18/h7-10,13,15-18H,3-6,11H2,1-2H3/t13-,15+,16+/m0/s1. The number of nitrogens with one attached hydrogen (secondary N) is 1. The molecule has 0 unspecified atom stereocenters. The fourth-order valence-electron chi connectivity index (χ4n) is 2.98. The van der Waals surface area contributed by atoms with E-state index < -0.39 is 15.1 Å². The van der Waals surface area contributed by atoms with Crippen molar-refractivity contribution < 1.29 is 13.5 Å². The first-order valence-corrected chi connectivity index (χ1v) is 9.17. The van der Waals surface area contributed by atoms with Gasteiger partial charge in [0, 0.05) is 12.1 Å². The van der Waals surface area contributed by atoms with E-state index in [0.717, 1.165) is 24.8 Å². The van der Waals surface area contributed by atoms with Crippen molar-refractivity contribution in [3.63, 3.8) is 0 Å². The fraction of sp³-hybridized carbons (Fsp3) is 0.625. The Balaban J connectivity index is 2.25. The fourth-order valence-corrected chi connectivity index (χ4v) is 4.97. The van der Waals surface area contributed by atoms with E-state index in [1.54, 1.807) is 12.1 Å². The molecule has 1 fully saturated rings. The Morgan fingerprint density at radius 3 is 2.48 bits per heavy atom. The molecular weight excluding hydrogens is 286 g/mol. The molecule has 2 N–H and O–H groups in total. The number of aryl methyl sites for hydroxylation is 1. The van der Waals surface area contributed by atoms with E-state index in [4.69, 9.17) is 0 Å². The van der Waals surface area contributed by atoms with Gasteiger partial charge < -0.3 is 10.4 Å². The van der Waals surface area contributed by atoms with Gasteiger partial charge in [-0.1, -0.05) is 30.5 Å². The van der Waals surface area contributed by atoms with Gasteiger partial charge in [-0.05, 0) is 38.8 Å². The van der Waals surface area contributed by atoms with Gasteiger partial charge in [-0.2, -0.15) is 0 Å². The highest BCUT2D eigenvalue weighted by atomic mass is 32.2. The van der Waals surface area contributed by atoms with Crippen LogP contribution in [-0.4, -0.2) is 37.5 Å². The average molecular weight is 311 g/mol. The third kappa shape index (κ3) is 3.84. The van der Waals surface area contributed by atoms with Gasteiger partial charge in [0.2, 0.25) is 0 Å². The zero-order valence-corrected chi connectivity index (χ0v) is 13.6. The number of benzene rings is 1. The van der Waals surface area contributed by atoms with Crippen LogP contribution < -0.4 is 5.32 Å². The minimum Gasteiger partial charge on any atom is -0.395 e. The van der Waals surface area contributed by atoms with Gasteiger partial charge in [-0.15, -0.1) is 0 Å². The van der Waals surface area contributed by atoms with Gasteiger partial charge in [0.1, 0.15) is 0 Å². The van der Waals surface area contributed by atoms with Crippen LogP contribution in [0.4, 0.5) is 0 Å². The summed E-state index contributed by atoms with van der Waals surface area (Å²) in [5.74, 6) is 0. The van der Waals surface area contributed by atoms with Crippen LogP contribution in [-0.2, 0) is 9.84 Å². The quantitative estimate of drug-likeness (QED) is 0.873. The highest BCUT2D eigenvalue weighted by Crippen LogP contribution is 2.29.